The average Bonchev–Trinajstić information content (AvgIpc) is 2.76. The standard InChI is InChI=1S/C11H11N7/c1-7-2-4-8(5-3-7)15-10-16-11-14-6-13-9(12)18(11)17-10/h2-6H,1H3,(H3,12,13,14,15,16,17). The third-order valence-corrected chi connectivity index (χ3v) is 2.48. The zero-order valence-corrected chi connectivity index (χ0v) is 9.70. The number of rotatable bonds is 2. The Morgan fingerprint density at radius 1 is 1.17 bits per heavy atom. The molecule has 3 aromatic rings. The van der Waals surface area contributed by atoms with Gasteiger partial charge in [-0.2, -0.15) is 14.5 Å². The van der Waals surface area contributed by atoms with Crippen LogP contribution >= 0.6 is 0 Å². The number of aromatic nitrogens is 5. The predicted molar refractivity (Wildman–Crippen MR) is 67.5 cm³/mol. The molecule has 0 atom stereocenters. The molecule has 0 aliphatic rings. The number of hydrogen-bond acceptors (Lipinski definition) is 6. The largest absolute Gasteiger partial charge is 0.368 e. The van der Waals surface area contributed by atoms with Gasteiger partial charge in [-0.25, -0.2) is 4.98 Å². The molecular weight excluding hydrogens is 230 g/mol. The lowest BCUT2D eigenvalue weighted by molar-refractivity contribution is 0.911. The topological polar surface area (TPSA) is 94.0 Å². The average molecular weight is 241 g/mol. The molecule has 0 amide bonds. The molecule has 0 saturated carbocycles. The maximum Gasteiger partial charge on any atom is 0.258 e. The predicted octanol–water partition coefficient (Wildman–Crippen LogP) is 1.15. The van der Waals surface area contributed by atoms with E-state index >= 15 is 0 Å². The number of anilines is 3. The van der Waals surface area contributed by atoms with Gasteiger partial charge in [-0.05, 0) is 19.1 Å². The summed E-state index contributed by atoms with van der Waals surface area (Å²) in [4.78, 5) is 12.0. The van der Waals surface area contributed by atoms with Crippen molar-refractivity contribution in [2.24, 2.45) is 0 Å². The zero-order chi connectivity index (χ0) is 12.5. The van der Waals surface area contributed by atoms with Crippen molar-refractivity contribution >= 4 is 23.4 Å². The first-order valence-corrected chi connectivity index (χ1v) is 5.39. The SMILES string of the molecule is Cc1ccc(Nc2nc3ncnc(N)n3n2)cc1. The first-order chi connectivity index (χ1) is 8.72. The van der Waals surface area contributed by atoms with Crippen molar-refractivity contribution in [3.63, 3.8) is 0 Å². The number of aryl methyl sites for hydroxylation is 1. The molecule has 3 N–H and O–H groups in total. The van der Waals surface area contributed by atoms with Crippen LogP contribution < -0.4 is 11.1 Å². The highest BCUT2D eigenvalue weighted by molar-refractivity contribution is 5.55. The van der Waals surface area contributed by atoms with Gasteiger partial charge in [0.05, 0.1) is 0 Å². The van der Waals surface area contributed by atoms with Crippen LogP contribution in [0.2, 0.25) is 0 Å². The molecule has 2 heterocycles. The third-order valence-electron chi connectivity index (χ3n) is 2.48. The lowest BCUT2D eigenvalue weighted by Gasteiger charge is -2.00. The number of nitrogen functional groups attached to an aromatic ring is 1. The van der Waals surface area contributed by atoms with E-state index in [2.05, 4.69) is 25.4 Å². The van der Waals surface area contributed by atoms with E-state index in [4.69, 9.17) is 5.73 Å². The van der Waals surface area contributed by atoms with Crippen molar-refractivity contribution in [1.82, 2.24) is 24.6 Å². The number of nitrogens with zero attached hydrogens (tertiary/aromatic N) is 5. The third kappa shape index (κ3) is 1.81. The van der Waals surface area contributed by atoms with E-state index in [1.165, 1.54) is 16.4 Å². The number of fused-ring (bicyclic) bond motifs is 1. The van der Waals surface area contributed by atoms with Gasteiger partial charge in [0.2, 0.25) is 11.9 Å². The molecule has 3 rings (SSSR count). The van der Waals surface area contributed by atoms with Crippen molar-refractivity contribution in [3.05, 3.63) is 36.2 Å². The number of nitrogens with one attached hydrogen (secondary N) is 1. The van der Waals surface area contributed by atoms with E-state index in [0.29, 0.717) is 11.7 Å². The Hall–Kier alpha value is -2.70. The summed E-state index contributed by atoms with van der Waals surface area (Å²) in [7, 11) is 0. The summed E-state index contributed by atoms with van der Waals surface area (Å²) in [5, 5.41) is 7.26. The Labute approximate surface area is 103 Å². The minimum atomic E-state index is 0.254. The maximum atomic E-state index is 5.66. The van der Waals surface area contributed by atoms with Gasteiger partial charge in [0, 0.05) is 5.69 Å². The molecule has 0 fully saturated rings. The van der Waals surface area contributed by atoms with E-state index in [1.807, 2.05) is 31.2 Å². The summed E-state index contributed by atoms with van der Waals surface area (Å²) in [6.07, 6.45) is 1.36. The minimum absolute atomic E-state index is 0.254. The quantitative estimate of drug-likeness (QED) is 0.699. The normalized spacial score (nSPS) is 10.7. The molecule has 0 aliphatic heterocycles. The molecule has 1 aromatic carbocycles. The summed E-state index contributed by atoms with van der Waals surface area (Å²) < 4.78 is 1.39. The van der Waals surface area contributed by atoms with E-state index in [-0.39, 0.29) is 5.95 Å². The van der Waals surface area contributed by atoms with Crippen LogP contribution in [0.4, 0.5) is 17.6 Å². The van der Waals surface area contributed by atoms with Crippen LogP contribution in [0, 0.1) is 6.92 Å². The van der Waals surface area contributed by atoms with Gasteiger partial charge in [0.1, 0.15) is 6.33 Å². The van der Waals surface area contributed by atoms with Crippen LogP contribution in [0.15, 0.2) is 30.6 Å². The fourth-order valence-corrected chi connectivity index (χ4v) is 1.55. The lowest BCUT2D eigenvalue weighted by atomic mass is 10.2. The summed E-state index contributed by atoms with van der Waals surface area (Å²) in [6.45, 7) is 2.03. The summed E-state index contributed by atoms with van der Waals surface area (Å²) in [6, 6.07) is 7.92. The lowest BCUT2D eigenvalue weighted by Crippen LogP contribution is -2.02. The highest BCUT2D eigenvalue weighted by Gasteiger charge is 2.07. The van der Waals surface area contributed by atoms with Crippen molar-refractivity contribution in [2.75, 3.05) is 11.1 Å². The van der Waals surface area contributed by atoms with Crippen molar-refractivity contribution < 1.29 is 0 Å². The van der Waals surface area contributed by atoms with E-state index in [0.717, 1.165) is 5.69 Å². The van der Waals surface area contributed by atoms with Crippen LogP contribution in [0.25, 0.3) is 5.78 Å². The zero-order valence-electron chi connectivity index (χ0n) is 9.70. The van der Waals surface area contributed by atoms with Crippen LogP contribution in [-0.2, 0) is 0 Å². The molecule has 0 radical (unpaired) electrons. The summed E-state index contributed by atoms with van der Waals surface area (Å²) >= 11 is 0. The molecule has 90 valence electrons. The monoisotopic (exact) mass is 241 g/mol. The fraction of sp³-hybridized carbons (Fsp3) is 0.0909. The second-order valence-corrected chi connectivity index (χ2v) is 3.87. The van der Waals surface area contributed by atoms with E-state index in [9.17, 15) is 0 Å². The Balaban J connectivity index is 1.95. The Morgan fingerprint density at radius 2 is 1.94 bits per heavy atom. The number of nitrogens with two attached hydrogens (primary N) is 1. The fourth-order valence-electron chi connectivity index (χ4n) is 1.55. The Kier molecular flexibility index (Phi) is 2.30. The molecule has 0 spiro atoms. The Bertz CT molecular complexity index is 686. The summed E-state index contributed by atoms with van der Waals surface area (Å²) in [5.41, 5.74) is 7.76. The van der Waals surface area contributed by atoms with Crippen LogP contribution in [0.1, 0.15) is 5.56 Å². The van der Waals surface area contributed by atoms with Crippen LogP contribution in [0.5, 0.6) is 0 Å². The smallest absolute Gasteiger partial charge is 0.258 e. The molecular formula is C11H11N7. The molecule has 7 heteroatoms. The van der Waals surface area contributed by atoms with Crippen molar-refractivity contribution in [3.8, 4) is 0 Å². The molecule has 2 aromatic heterocycles. The van der Waals surface area contributed by atoms with E-state index < -0.39 is 0 Å². The number of benzene rings is 1. The molecule has 7 nitrogen and oxygen atoms in total. The van der Waals surface area contributed by atoms with Gasteiger partial charge >= 0.3 is 0 Å². The van der Waals surface area contributed by atoms with E-state index in [1.54, 1.807) is 0 Å². The van der Waals surface area contributed by atoms with Gasteiger partial charge in [-0.15, -0.1) is 5.10 Å². The highest BCUT2D eigenvalue weighted by Crippen LogP contribution is 2.14. The van der Waals surface area contributed by atoms with Crippen LogP contribution in [0.3, 0.4) is 0 Å². The van der Waals surface area contributed by atoms with Gasteiger partial charge in [-0.3, -0.25) is 0 Å². The Morgan fingerprint density at radius 3 is 2.67 bits per heavy atom. The van der Waals surface area contributed by atoms with Gasteiger partial charge in [0.15, 0.2) is 0 Å². The molecule has 0 aliphatic carbocycles. The molecule has 0 unspecified atom stereocenters. The second kappa shape index (κ2) is 3.95. The first kappa shape index (κ1) is 10.5. The van der Waals surface area contributed by atoms with Crippen LogP contribution in [-0.4, -0.2) is 24.6 Å². The highest BCUT2D eigenvalue weighted by atomic mass is 15.4. The number of hydrogen-bond donors (Lipinski definition) is 2. The van der Waals surface area contributed by atoms with Crippen molar-refractivity contribution in [1.29, 1.82) is 0 Å². The van der Waals surface area contributed by atoms with Gasteiger partial charge in [-0.1, -0.05) is 17.7 Å². The van der Waals surface area contributed by atoms with Gasteiger partial charge < -0.3 is 11.1 Å². The molecule has 0 bridgehead atoms. The molecule has 18 heavy (non-hydrogen) atoms. The maximum absolute atomic E-state index is 5.66. The first-order valence-electron chi connectivity index (χ1n) is 5.39. The van der Waals surface area contributed by atoms with Gasteiger partial charge in [0.25, 0.3) is 5.78 Å². The van der Waals surface area contributed by atoms with Crippen molar-refractivity contribution in [2.45, 2.75) is 6.92 Å². The second-order valence-electron chi connectivity index (χ2n) is 3.87. The molecule has 0 saturated heterocycles. The minimum Gasteiger partial charge on any atom is -0.368 e. The summed E-state index contributed by atoms with van der Waals surface area (Å²) in [5.74, 6) is 1.10.